The molecule has 0 heterocycles. The Morgan fingerprint density at radius 2 is 1.00 bits per heavy atom. The number of hydrogen-bond donors (Lipinski definition) is 0. The fourth-order valence-electron chi connectivity index (χ4n) is 0. The van der Waals surface area contributed by atoms with E-state index in [1.54, 1.807) is 0 Å². The zero-order valence-corrected chi connectivity index (χ0v) is 8.79. The van der Waals surface area contributed by atoms with Gasteiger partial charge in [-0.3, -0.25) is 0 Å². The smallest absolute Gasteiger partial charge is 0 e. The minimum atomic E-state index is -2.24. The van der Waals surface area contributed by atoms with Gasteiger partial charge in [-0.15, -0.1) is 0 Å². The van der Waals surface area contributed by atoms with Gasteiger partial charge in [0.25, 0.3) is 0 Å². The first kappa shape index (κ1) is 10.4. The molecule has 0 aliphatic carbocycles. The second-order valence-electron chi connectivity index (χ2n) is 0.214. The molecule has 0 rings (SSSR count). The van der Waals surface area contributed by atoms with Crippen molar-refractivity contribution >= 4 is 62.8 Å². The average Bonchev–Trinajstić information content (AvgIpc) is 0.811. The van der Waals surface area contributed by atoms with Crippen LogP contribution < -0.4 is 0 Å². The number of rotatable bonds is 0. The Morgan fingerprint density at radius 1 is 1.00 bits per heavy atom. The first-order valence-corrected chi connectivity index (χ1v) is 14.9. The molecule has 0 spiro atoms. The van der Waals surface area contributed by atoms with Crippen LogP contribution in [-0.2, 0) is 0 Å². The molecule has 0 aromatic heterocycles. The van der Waals surface area contributed by atoms with Gasteiger partial charge < -0.3 is 0 Å². The van der Waals surface area contributed by atoms with E-state index in [0.29, 0.717) is 0 Å². The molecule has 0 saturated heterocycles. The van der Waals surface area contributed by atoms with Crippen LogP contribution in [0.1, 0.15) is 0 Å². The van der Waals surface area contributed by atoms with Crippen molar-refractivity contribution in [2.45, 2.75) is 0 Å². The maximum absolute atomic E-state index is 5.02. The van der Waals surface area contributed by atoms with Crippen LogP contribution in [-0.4, -0.2) is 37.9 Å². The summed E-state index contributed by atoms with van der Waals surface area (Å²) in [4.78, 5) is 0. The molecule has 0 aromatic carbocycles. The summed E-state index contributed by atoms with van der Waals surface area (Å²) in [5.74, 6) is 0. The van der Waals surface area contributed by atoms with E-state index >= 15 is 0 Å². The van der Waals surface area contributed by atoms with Gasteiger partial charge in [0.2, 0.25) is 0 Å². The van der Waals surface area contributed by atoms with Crippen LogP contribution in [0.15, 0.2) is 0 Å². The molecule has 26 valence electrons. The molecule has 0 atom stereocenters. The van der Waals surface area contributed by atoms with E-state index in [0.717, 1.165) is 0 Å². The predicted octanol–water partition coefficient (Wildman–Crippen LogP) is 1.31. The van der Waals surface area contributed by atoms with Gasteiger partial charge in [0, 0.05) is 18.9 Å². The van der Waals surface area contributed by atoms with Crippen molar-refractivity contribution in [2.75, 3.05) is 0 Å². The molecule has 2 radical (unpaired) electrons. The molecule has 5 heavy (non-hydrogen) atoms. The number of halogens is 3. The first-order chi connectivity index (χ1) is 1.73. The fourth-order valence-corrected chi connectivity index (χ4v) is 0. The molecule has 0 saturated carbocycles. The second-order valence-corrected chi connectivity index (χ2v) is 16.9. The molecule has 0 N–H and O–H groups in total. The first-order valence-electron chi connectivity index (χ1n) is 0.567. The van der Waals surface area contributed by atoms with Crippen LogP contribution in [0.4, 0.5) is 0 Å². The van der Waals surface area contributed by atoms with Crippen molar-refractivity contribution in [3.05, 3.63) is 0 Å². The van der Waals surface area contributed by atoms with Gasteiger partial charge >= 0.3 is 44.0 Å². The molecular weight excluding hydrogens is 320 g/mol. The van der Waals surface area contributed by atoms with Crippen LogP contribution in [0.2, 0.25) is 0 Å². The van der Waals surface area contributed by atoms with Crippen molar-refractivity contribution < 1.29 is 0 Å². The van der Waals surface area contributed by atoms with Gasteiger partial charge in [0.15, 0.2) is 0 Å². The molecule has 5 heteroatoms. The predicted molar refractivity (Wildman–Crippen MR) is 29.1 cm³/mol. The van der Waals surface area contributed by atoms with Crippen molar-refractivity contribution in [3.63, 3.8) is 0 Å². The summed E-state index contributed by atoms with van der Waals surface area (Å²) >= 11 is -2.24. The largest absolute Gasteiger partial charge is 0 e. The van der Waals surface area contributed by atoms with Crippen LogP contribution in [0.5, 0.6) is 0 Å². The van der Waals surface area contributed by atoms with E-state index in [9.17, 15) is 0 Å². The summed E-state index contributed by atoms with van der Waals surface area (Å²) < 4.78 is 0. The topological polar surface area (TPSA) is 0 Å². The van der Waals surface area contributed by atoms with Crippen molar-refractivity contribution in [2.24, 2.45) is 0 Å². The molecule has 0 fully saturated rings. The van der Waals surface area contributed by atoms with E-state index in [4.69, 9.17) is 24.9 Å². The van der Waals surface area contributed by atoms with Crippen molar-refractivity contribution in [1.82, 2.24) is 0 Å². The Hall–Kier alpha value is 2.39. The minimum Gasteiger partial charge on any atom is 0 e. The zero-order valence-electron chi connectivity index (χ0n) is 2.63. The molecular formula is Cl3LiPb. The van der Waals surface area contributed by atoms with Gasteiger partial charge in [-0.05, 0) is 0 Å². The standard InChI is InChI=1S/3ClH.Li.Pb/h3*1H;;/q;;;;+3/p-3. The quantitative estimate of drug-likeness (QED) is 0.591. The Morgan fingerprint density at radius 3 is 1.00 bits per heavy atom. The molecule has 0 aliphatic rings. The summed E-state index contributed by atoms with van der Waals surface area (Å²) in [6, 6.07) is 0. The maximum Gasteiger partial charge on any atom is 0 e. The SMILES string of the molecule is [Cl][Pb]([Cl])[Cl].[Li]. The third-order valence-corrected chi connectivity index (χ3v) is 0. The van der Waals surface area contributed by atoms with Gasteiger partial charge in [0.05, 0.1) is 0 Å². The Kier molecular flexibility index (Phi) is 13.3. The molecule has 0 aromatic rings. The summed E-state index contributed by atoms with van der Waals surface area (Å²) in [5, 5.41) is 0. The monoisotopic (exact) mass is 320 g/mol. The van der Waals surface area contributed by atoms with Gasteiger partial charge in [-0.2, -0.15) is 0 Å². The second kappa shape index (κ2) is 6.39. The summed E-state index contributed by atoms with van der Waals surface area (Å²) in [5.41, 5.74) is 0. The van der Waals surface area contributed by atoms with E-state index in [1.165, 1.54) is 0 Å². The van der Waals surface area contributed by atoms with Gasteiger partial charge in [-0.1, -0.05) is 0 Å². The van der Waals surface area contributed by atoms with E-state index < -0.39 is 19.0 Å². The van der Waals surface area contributed by atoms with Crippen LogP contribution in [0.25, 0.3) is 0 Å². The normalized spacial score (nSPS) is 7.20. The molecule has 0 nitrogen and oxygen atoms in total. The maximum atomic E-state index is 5.02. The van der Waals surface area contributed by atoms with Crippen LogP contribution in [0.3, 0.4) is 0 Å². The summed E-state index contributed by atoms with van der Waals surface area (Å²) in [6.45, 7) is 0. The molecule has 0 amide bonds. The van der Waals surface area contributed by atoms with Gasteiger partial charge in [0.1, 0.15) is 0 Å². The van der Waals surface area contributed by atoms with E-state index in [2.05, 4.69) is 0 Å². The van der Waals surface area contributed by atoms with E-state index in [-0.39, 0.29) is 18.9 Å². The fraction of sp³-hybridized carbons (Fsp3) is 0. The van der Waals surface area contributed by atoms with Crippen LogP contribution >= 0.6 is 24.9 Å². The minimum absolute atomic E-state index is 0. The number of hydrogen-bond acceptors (Lipinski definition) is 0. The Bertz CT molecular complexity index is 11.6. The van der Waals surface area contributed by atoms with Crippen molar-refractivity contribution in [3.8, 4) is 0 Å². The third kappa shape index (κ3) is 21.6. The Balaban J connectivity index is 0. The van der Waals surface area contributed by atoms with Gasteiger partial charge in [-0.25, -0.2) is 0 Å². The average molecular weight is 320 g/mol. The molecule has 0 aliphatic heterocycles. The molecule has 0 unspecified atom stereocenters. The Labute approximate surface area is 61.9 Å². The van der Waals surface area contributed by atoms with Crippen LogP contribution in [0, 0.1) is 0 Å². The van der Waals surface area contributed by atoms with E-state index in [1.807, 2.05) is 0 Å². The zero-order chi connectivity index (χ0) is 3.58. The van der Waals surface area contributed by atoms with Crippen molar-refractivity contribution in [1.29, 1.82) is 0 Å². The molecule has 0 bridgehead atoms. The summed E-state index contributed by atoms with van der Waals surface area (Å²) in [6.07, 6.45) is 0. The third-order valence-electron chi connectivity index (χ3n) is 0. The summed E-state index contributed by atoms with van der Waals surface area (Å²) in [7, 11) is 15.1.